The van der Waals surface area contributed by atoms with E-state index in [4.69, 9.17) is 4.42 Å². The molecular formula is C16H19N3O5S. The van der Waals surface area contributed by atoms with Crippen molar-refractivity contribution in [2.75, 3.05) is 11.9 Å². The van der Waals surface area contributed by atoms with E-state index in [1.807, 2.05) is 13.8 Å². The first-order valence-corrected chi connectivity index (χ1v) is 8.43. The number of aromatic carboxylic acids is 1. The lowest BCUT2D eigenvalue weighted by Gasteiger charge is -2.07. The largest absolute Gasteiger partial charge is 0.478 e. The molecule has 2 aromatic heterocycles. The molecule has 0 fully saturated rings. The SMILES string of the molecule is CCc1c(C)sc(NC(=O)CNC(=O)NCc2ccco2)c1C(=O)O. The molecule has 2 heterocycles. The summed E-state index contributed by atoms with van der Waals surface area (Å²) < 4.78 is 5.07. The van der Waals surface area contributed by atoms with Crippen LogP contribution in [0.25, 0.3) is 0 Å². The molecule has 0 spiro atoms. The molecule has 134 valence electrons. The molecule has 9 heteroatoms. The highest BCUT2D eigenvalue weighted by Crippen LogP contribution is 2.33. The quantitative estimate of drug-likeness (QED) is 0.600. The standard InChI is InChI=1S/C16H19N3O5S/c1-3-11-9(2)25-14(13(11)15(21)22)19-12(20)8-18-16(23)17-7-10-5-4-6-24-10/h4-6H,3,7-8H2,1-2H3,(H,19,20)(H,21,22)(H2,17,18,23). The lowest BCUT2D eigenvalue weighted by Crippen LogP contribution is -2.39. The third-order valence-electron chi connectivity index (χ3n) is 3.44. The fourth-order valence-corrected chi connectivity index (χ4v) is 3.45. The summed E-state index contributed by atoms with van der Waals surface area (Å²) in [5.41, 5.74) is 0.817. The molecule has 3 amide bonds. The molecule has 2 aromatic rings. The first-order chi connectivity index (χ1) is 11.9. The molecule has 2 rings (SSSR count). The monoisotopic (exact) mass is 365 g/mol. The maximum atomic E-state index is 12.0. The predicted molar refractivity (Wildman–Crippen MR) is 93.0 cm³/mol. The fraction of sp³-hybridized carbons (Fsp3) is 0.312. The number of urea groups is 1. The summed E-state index contributed by atoms with van der Waals surface area (Å²) in [6, 6.07) is 2.89. The van der Waals surface area contributed by atoms with Crippen LogP contribution in [0.5, 0.6) is 0 Å². The number of rotatable bonds is 7. The normalized spacial score (nSPS) is 10.3. The van der Waals surface area contributed by atoms with Crippen LogP contribution in [0.15, 0.2) is 22.8 Å². The number of furan rings is 1. The van der Waals surface area contributed by atoms with Gasteiger partial charge in [-0.3, -0.25) is 4.79 Å². The van der Waals surface area contributed by atoms with Crippen molar-refractivity contribution < 1.29 is 23.9 Å². The highest BCUT2D eigenvalue weighted by atomic mass is 32.1. The summed E-state index contributed by atoms with van der Waals surface area (Å²) in [7, 11) is 0. The Morgan fingerprint density at radius 3 is 2.64 bits per heavy atom. The number of hydrogen-bond acceptors (Lipinski definition) is 5. The predicted octanol–water partition coefficient (Wildman–Crippen LogP) is 2.35. The molecule has 0 atom stereocenters. The Morgan fingerprint density at radius 1 is 1.28 bits per heavy atom. The van der Waals surface area contributed by atoms with Crippen molar-refractivity contribution in [3.63, 3.8) is 0 Å². The number of carboxylic acids is 1. The van der Waals surface area contributed by atoms with Gasteiger partial charge in [0.05, 0.1) is 24.9 Å². The number of aryl methyl sites for hydroxylation is 1. The average molecular weight is 365 g/mol. The zero-order valence-corrected chi connectivity index (χ0v) is 14.7. The molecule has 0 aliphatic carbocycles. The minimum atomic E-state index is -1.08. The number of thiophene rings is 1. The summed E-state index contributed by atoms with van der Waals surface area (Å²) in [6.07, 6.45) is 2.06. The van der Waals surface area contributed by atoms with Crippen molar-refractivity contribution in [3.8, 4) is 0 Å². The van der Waals surface area contributed by atoms with Gasteiger partial charge >= 0.3 is 12.0 Å². The van der Waals surface area contributed by atoms with E-state index in [0.29, 0.717) is 17.7 Å². The van der Waals surface area contributed by atoms with E-state index in [9.17, 15) is 19.5 Å². The number of anilines is 1. The van der Waals surface area contributed by atoms with E-state index in [1.165, 1.54) is 17.6 Å². The Labute approximate surface area is 148 Å². The highest BCUT2D eigenvalue weighted by molar-refractivity contribution is 7.16. The Kier molecular flexibility index (Phi) is 6.18. The lowest BCUT2D eigenvalue weighted by atomic mass is 10.1. The number of amides is 3. The highest BCUT2D eigenvalue weighted by Gasteiger charge is 2.21. The van der Waals surface area contributed by atoms with Gasteiger partial charge in [-0.25, -0.2) is 9.59 Å². The van der Waals surface area contributed by atoms with E-state index in [0.717, 1.165) is 4.88 Å². The van der Waals surface area contributed by atoms with Gasteiger partial charge in [-0.2, -0.15) is 0 Å². The molecule has 0 aromatic carbocycles. The molecular weight excluding hydrogens is 346 g/mol. The minimum absolute atomic E-state index is 0.112. The molecule has 0 unspecified atom stereocenters. The van der Waals surface area contributed by atoms with Crippen molar-refractivity contribution in [2.45, 2.75) is 26.8 Å². The molecule has 0 saturated carbocycles. The first-order valence-electron chi connectivity index (χ1n) is 7.61. The van der Waals surface area contributed by atoms with Gasteiger partial charge in [0.15, 0.2) is 0 Å². The number of carboxylic acid groups (broad SMARTS) is 1. The van der Waals surface area contributed by atoms with Crippen LogP contribution < -0.4 is 16.0 Å². The second-order valence-electron chi connectivity index (χ2n) is 5.16. The van der Waals surface area contributed by atoms with Crippen LogP contribution in [0.3, 0.4) is 0 Å². The summed E-state index contributed by atoms with van der Waals surface area (Å²) in [6.45, 7) is 3.60. The summed E-state index contributed by atoms with van der Waals surface area (Å²) in [4.78, 5) is 35.9. The lowest BCUT2D eigenvalue weighted by molar-refractivity contribution is -0.115. The van der Waals surface area contributed by atoms with Crippen LogP contribution in [0.2, 0.25) is 0 Å². The Bertz CT molecular complexity index is 767. The van der Waals surface area contributed by atoms with Crippen LogP contribution in [-0.4, -0.2) is 29.6 Å². The fourth-order valence-electron chi connectivity index (χ4n) is 2.29. The molecule has 4 N–H and O–H groups in total. The Hall–Kier alpha value is -2.81. The molecule has 0 aliphatic heterocycles. The third kappa shape index (κ3) is 4.83. The van der Waals surface area contributed by atoms with Gasteiger partial charge in [0.25, 0.3) is 0 Å². The molecule has 25 heavy (non-hydrogen) atoms. The van der Waals surface area contributed by atoms with E-state index >= 15 is 0 Å². The molecule has 0 aliphatic rings. The number of carbonyl (C=O) groups is 3. The van der Waals surface area contributed by atoms with Crippen LogP contribution in [0, 0.1) is 6.92 Å². The van der Waals surface area contributed by atoms with Gasteiger partial charge in [0, 0.05) is 4.88 Å². The zero-order chi connectivity index (χ0) is 18.4. The summed E-state index contributed by atoms with van der Waals surface area (Å²) in [5, 5.41) is 17.1. The van der Waals surface area contributed by atoms with Gasteiger partial charge in [0.1, 0.15) is 10.8 Å². The molecule has 8 nitrogen and oxygen atoms in total. The van der Waals surface area contributed by atoms with Crippen molar-refractivity contribution >= 4 is 34.2 Å². The smallest absolute Gasteiger partial charge is 0.339 e. The van der Waals surface area contributed by atoms with Crippen molar-refractivity contribution in [2.24, 2.45) is 0 Å². The molecule has 0 bridgehead atoms. The zero-order valence-electron chi connectivity index (χ0n) is 13.8. The van der Waals surface area contributed by atoms with Crippen molar-refractivity contribution in [1.82, 2.24) is 10.6 Å². The van der Waals surface area contributed by atoms with Crippen molar-refractivity contribution in [3.05, 3.63) is 40.2 Å². The maximum Gasteiger partial charge on any atom is 0.339 e. The van der Waals surface area contributed by atoms with Gasteiger partial charge in [-0.05, 0) is 31.0 Å². The number of carbonyl (C=O) groups excluding carboxylic acids is 2. The second kappa shape index (κ2) is 8.34. The van der Waals surface area contributed by atoms with Gasteiger partial charge in [-0.15, -0.1) is 11.3 Å². The third-order valence-corrected chi connectivity index (χ3v) is 4.51. The van der Waals surface area contributed by atoms with Crippen LogP contribution in [-0.2, 0) is 17.8 Å². The molecule has 0 saturated heterocycles. The summed E-state index contributed by atoms with van der Waals surface area (Å²) >= 11 is 1.21. The van der Waals surface area contributed by atoms with Gasteiger partial charge in [0.2, 0.25) is 5.91 Å². The van der Waals surface area contributed by atoms with E-state index in [-0.39, 0.29) is 23.7 Å². The molecule has 0 radical (unpaired) electrons. The van der Waals surface area contributed by atoms with Crippen LogP contribution in [0.1, 0.15) is 33.5 Å². The van der Waals surface area contributed by atoms with E-state index in [1.54, 1.807) is 12.1 Å². The summed E-state index contributed by atoms with van der Waals surface area (Å²) in [5.74, 6) is -0.993. The maximum absolute atomic E-state index is 12.0. The number of nitrogens with one attached hydrogen (secondary N) is 3. The Morgan fingerprint density at radius 2 is 2.04 bits per heavy atom. The van der Waals surface area contributed by atoms with Crippen LogP contribution >= 0.6 is 11.3 Å². The Balaban J connectivity index is 1.88. The average Bonchev–Trinajstić information content (AvgIpc) is 3.18. The van der Waals surface area contributed by atoms with Crippen molar-refractivity contribution in [1.29, 1.82) is 0 Å². The van der Waals surface area contributed by atoms with Gasteiger partial charge in [-0.1, -0.05) is 6.92 Å². The van der Waals surface area contributed by atoms with E-state index in [2.05, 4.69) is 16.0 Å². The van der Waals surface area contributed by atoms with Crippen LogP contribution in [0.4, 0.5) is 9.80 Å². The second-order valence-corrected chi connectivity index (χ2v) is 6.39. The first kappa shape index (κ1) is 18.5. The minimum Gasteiger partial charge on any atom is -0.478 e. The number of hydrogen-bond donors (Lipinski definition) is 4. The van der Waals surface area contributed by atoms with E-state index < -0.39 is 17.9 Å². The van der Waals surface area contributed by atoms with Gasteiger partial charge < -0.3 is 25.5 Å². The topological polar surface area (TPSA) is 121 Å².